The molecule has 96 valence electrons. The van der Waals surface area contributed by atoms with Gasteiger partial charge in [0.1, 0.15) is 0 Å². The summed E-state index contributed by atoms with van der Waals surface area (Å²) in [6.45, 7) is 2.81. The summed E-state index contributed by atoms with van der Waals surface area (Å²) in [5.41, 5.74) is 9.65. The van der Waals surface area contributed by atoms with Crippen molar-refractivity contribution in [2.75, 3.05) is 11.4 Å². The van der Waals surface area contributed by atoms with Gasteiger partial charge >= 0.3 is 0 Å². The van der Waals surface area contributed by atoms with Crippen LogP contribution in [0.2, 0.25) is 0 Å². The molecule has 0 amide bonds. The van der Waals surface area contributed by atoms with Crippen molar-refractivity contribution in [2.24, 2.45) is 10.7 Å². The Hall–Kier alpha value is -2.29. The Morgan fingerprint density at radius 2 is 1.74 bits per heavy atom. The summed E-state index contributed by atoms with van der Waals surface area (Å²) in [7, 11) is 0. The maximum Gasteiger partial charge on any atom is 0.196 e. The molecule has 0 aromatic heterocycles. The van der Waals surface area contributed by atoms with E-state index in [4.69, 9.17) is 5.73 Å². The highest BCUT2D eigenvalue weighted by Crippen LogP contribution is 2.30. The zero-order valence-electron chi connectivity index (χ0n) is 11.0. The molecule has 0 saturated carbocycles. The Bertz CT molecular complexity index is 587. The van der Waals surface area contributed by atoms with Gasteiger partial charge in [-0.15, -0.1) is 0 Å². The fraction of sp³-hybridized carbons (Fsp3) is 0.188. The third-order valence-corrected chi connectivity index (χ3v) is 3.48. The van der Waals surface area contributed by atoms with Crippen molar-refractivity contribution < 1.29 is 0 Å². The van der Waals surface area contributed by atoms with E-state index in [1.165, 1.54) is 11.1 Å². The Balaban J connectivity index is 1.96. The fourth-order valence-corrected chi connectivity index (χ4v) is 2.44. The lowest BCUT2D eigenvalue weighted by Crippen LogP contribution is -2.36. The van der Waals surface area contributed by atoms with Gasteiger partial charge in [-0.1, -0.05) is 48.0 Å². The Morgan fingerprint density at radius 3 is 2.42 bits per heavy atom. The van der Waals surface area contributed by atoms with Gasteiger partial charge in [0, 0.05) is 5.69 Å². The van der Waals surface area contributed by atoms with Crippen molar-refractivity contribution in [3.63, 3.8) is 0 Å². The molecule has 1 unspecified atom stereocenters. The predicted molar refractivity (Wildman–Crippen MR) is 79.3 cm³/mol. The molecule has 0 bridgehead atoms. The molecule has 0 spiro atoms. The minimum Gasteiger partial charge on any atom is -0.369 e. The molecule has 3 nitrogen and oxygen atoms in total. The number of rotatable bonds is 2. The van der Waals surface area contributed by atoms with Gasteiger partial charge in [0.25, 0.3) is 0 Å². The number of aryl methyl sites for hydroxylation is 1. The average Bonchev–Trinajstić information content (AvgIpc) is 2.82. The smallest absolute Gasteiger partial charge is 0.196 e. The normalized spacial score (nSPS) is 18.5. The van der Waals surface area contributed by atoms with E-state index in [0.717, 1.165) is 5.69 Å². The van der Waals surface area contributed by atoms with Crippen LogP contribution in [0.25, 0.3) is 0 Å². The van der Waals surface area contributed by atoms with Crippen LogP contribution in [0.3, 0.4) is 0 Å². The molecule has 2 aromatic rings. The number of aliphatic imine (C=N–C) groups is 1. The van der Waals surface area contributed by atoms with Crippen LogP contribution in [0.1, 0.15) is 17.2 Å². The van der Waals surface area contributed by atoms with Gasteiger partial charge in [0.15, 0.2) is 5.96 Å². The molecule has 3 rings (SSSR count). The molecule has 0 aliphatic carbocycles. The minimum absolute atomic E-state index is 0.197. The highest BCUT2D eigenvalue weighted by molar-refractivity contribution is 5.97. The number of hydrogen-bond donors (Lipinski definition) is 1. The molecule has 0 fully saturated rings. The van der Waals surface area contributed by atoms with Gasteiger partial charge in [-0.3, -0.25) is 4.99 Å². The first kappa shape index (κ1) is 11.8. The number of benzene rings is 2. The average molecular weight is 251 g/mol. The standard InChI is InChI=1S/C16H17N3/c1-12-7-9-13(10-8-12)15-11-18-16(17)19(15)14-5-3-2-4-6-14/h2-10,15H,11H2,1H3,(H2,17,18). The highest BCUT2D eigenvalue weighted by atomic mass is 15.3. The van der Waals surface area contributed by atoms with Gasteiger partial charge < -0.3 is 10.6 Å². The molecule has 1 heterocycles. The second-order valence-electron chi connectivity index (χ2n) is 4.83. The van der Waals surface area contributed by atoms with Crippen LogP contribution in [-0.4, -0.2) is 12.5 Å². The number of guanidine groups is 1. The van der Waals surface area contributed by atoms with Crippen LogP contribution in [0.4, 0.5) is 5.69 Å². The molecule has 0 saturated heterocycles. The van der Waals surface area contributed by atoms with Crippen LogP contribution in [-0.2, 0) is 0 Å². The summed E-state index contributed by atoms with van der Waals surface area (Å²) in [5.74, 6) is 0.594. The van der Waals surface area contributed by atoms with E-state index in [-0.39, 0.29) is 6.04 Å². The van der Waals surface area contributed by atoms with E-state index in [1.807, 2.05) is 18.2 Å². The SMILES string of the molecule is Cc1ccc(C2CN=C(N)N2c2ccccc2)cc1. The Kier molecular flexibility index (Phi) is 2.95. The van der Waals surface area contributed by atoms with Crippen LogP contribution in [0.15, 0.2) is 59.6 Å². The summed E-state index contributed by atoms with van der Waals surface area (Å²) in [4.78, 5) is 6.50. The van der Waals surface area contributed by atoms with Crippen molar-refractivity contribution in [1.82, 2.24) is 0 Å². The number of anilines is 1. The first-order valence-corrected chi connectivity index (χ1v) is 6.46. The maximum atomic E-state index is 6.04. The Labute approximate surface area is 113 Å². The van der Waals surface area contributed by atoms with E-state index in [9.17, 15) is 0 Å². The molecule has 1 aliphatic rings. The second-order valence-corrected chi connectivity index (χ2v) is 4.83. The molecule has 3 heteroatoms. The lowest BCUT2D eigenvalue weighted by molar-refractivity contribution is 0.768. The third kappa shape index (κ3) is 2.19. The first-order chi connectivity index (χ1) is 9.25. The maximum absolute atomic E-state index is 6.04. The van der Waals surface area contributed by atoms with Crippen molar-refractivity contribution in [3.05, 3.63) is 65.7 Å². The van der Waals surface area contributed by atoms with Gasteiger partial charge in [-0.25, -0.2) is 0 Å². The molecule has 19 heavy (non-hydrogen) atoms. The number of nitrogens with two attached hydrogens (primary N) is 1. The second kappa shape index (κ2) is 4.76. The molecular weight excluding hydrogens is 234 g/mol. The van der Waals surface area contributed by atoms with Crippen molar-refractivity contribution in [2.45, 2.75) is 13.0 Å². The largest absolute Gasteiger partial charge is 0.369 e. The van der Waals surface area contributed by atoms with Gasteiger partial charge in [0.2, 0.25) is 0 Å². The third-order valence-electron chi connectivity index (χ3n) is 3.48. The number of para-hydroxylation sites is 1. The van der Waals surface area contributed by atoms with E-state index in [2.05, 4.69) is 53.2 Å². The quantitative estimate of drug-likeness (QED) is 0.891. The van der Waals surface area contributed by atoms with Crippen molar-refractivity contribution in [3.8, 4) is 0 Å². The monoisotopic (exact) mass is 251 g/mol. The summed E-state index contributed by atoms with van der Waals surface area (Å²) >= 11 is 0. The summed E-state index contributed by atoms with van der Waals surface area (Å²) in [5, 5.41) is 0. The first-order valence-electron chi connectivity index (χ1n) is 6.46. The van der Waals surface area contributed by atoms with Gasteiger partial charge in [0.05, 0.1) is 12.6 Å². The summed E-state index contributed by atoms with van der Waals surface area (Å²) < 4.78 is 0. The van der Waals surface area contributed by atoms with Crippen LogP contribution < -0.4 is 10.6 Å². The van der Waals surface area contributed by atoms with Crippen LogP contribution in [0.5, 0.6) is 0 Å². The van der Waals surface area contributed by atoms with Crippen LogP contribution in [0, 0.1) is 6.92 Å². The molecular formula is C16H17N3. The predicted octanol–water partition coefficient (Wildman–Crippen LogP) is 2.87. The Morgan fingerprint density at radius 1 is 1.05 bits per heavy atom. The molecule has 2 aromatic carbocycles. The number of nitrogens with zero attached hydrogens (tertiary/aromatic N) is 2. The topological polar surface area (TPSA) is 41.6 Å². The fourth-order valence-electron chi connectivity index (χ4n) is 2.44. The summed E-state index contributed by atoms with van der Waals surface area (Å²) in [6, 6.07) is 19.0. The van der Waals surface area contributed by atoms with E-state index >= 15 is 0 Å². The summed E-state index contributed by atoms with van der Waals surface area (Å²) in [6.07, 6.45) is 0. The lowest BCUT2D eigenvalue weighted by atomic mass is 10.0. The zero-order chi connectivity index (χ0) is 13.2. The van der Waals surface area contributed by atoms with E-state index in [1.54, 1.807) is 0 Å². The highest BCUT2D eigenvalue weighted by Gasteiger charge is 2.28. The number of hydrogen-bond acceptors (Lipinski definition) is 3. The minimum atomic E-state index is 0.197. The molecule has 1 atom stereocenters. The van der Waals surface area contributed by atoms with Crippen molar-refractivity contribution in [1.29, 1.82) is 0 Å². The van der Waals surface area contributed by atoms with Gasteiger partial charge in [-0.05, 0) is 24.6 Å². The van der Waals surface area contributed by atoms with Gasteiger partial charge in [-0.2, -0.15) is 0 Å². The molecule has 2 N–H and O–H groups in total. The van der Waals surface area contributed by atoms with Crippen molar-refractivity contribution >= 4 is 11.6 Å². The molecule has 0 radical (unpaired) electrons. The van der Waals surface area contributed by atoms with E-state index in [0.29, 0.717) is 12.5 Å². The lowest BCUT2D eigenvalue weighted by Gasteiger charge is -2.26. The zero-order valence-corrected chi connectivity index (χ0v) is 11.0. The van der Waals surface area contributed by atoms with E-state index < -0.39 is 0 Å². The van der Waals surface area contributed by atoms with Crippen LogP contribution >= 0.6 is 0 Å². The molecule has 1 aliphatic heterocycles.